The molecule has 0 aromatic carbocycles. The first kappa shape index (κ1) is 13.2. The topological polar surface area (TPSA) is 94.2 Å². The van der Waals surface area contributed by atoms with Gasteiger partial charge in [-0.1, -0.05) is 0 Å². The van der Waals surface area contributed by atoms with Crippen LogP contribution in [-0.2, 0) is 4.74 Å². The van der Waals surface area contributed by atoms with E-state index < -0.39 is 11.7 Å². The Morgan fingerprint density at radius 2 is 2.11 bits per heavy atom. The van der Waals surface area contributed by atoms with Gasteiger partial charge < -0.3 is 9.47 Å². The Morgan fingerprint density at radius 3 is 2.74 bits per heavy atom. The molecule has 0 spiro atoms. The number of nitrogens with one attached hydrogen (secondary N) is 1. The van der Waals surface area contributed by atoms with Crippen molar-refractivity contribution in [2.24, 2.45) is 0 Å². The number of nitrogens with zero attached hydrogens (tertiary/aromatic N) is 2. The van der Waals surface area contributed by atoms with E-state index in [0.717, 1.165) is 5.56 Å². The van der Waals surface area contributed by atoms with E-state index in [1.54, 1.807) is 5.38 Å². The summed E-state index contributed by atoms with van der Waals surface area (Å²) in [5.41, 5.74) is 0.736. The molecular weight excluding hydrogens is 270 g/mol. The zero-order valence-electron chi connectivity index (χ0n) is 10.5. The second-order valence-electron chi connectivity index (χ2n) is 3.60. The number of carbonyl (C=O) groups is 1. The fraction of sp³-hybridized carbons (Fsp3) is 0.273. The molecule has 19 heavy (non-hydrogen) atoms. The molecule has 0 amide bonds. The molecule has 100 valence electrons. The van der Waals surface area contributed by atoms with Gasteiger partial charge in [-0.3, -0.25) is 4.98 Å². The number of ether oxygens (including phenoxy) is 2. The van der Waals surface area contributed by atoms with Gasteiger partial charge in [-0.25, -0.2) is 9.59 Å². The average molecular weight is 281 g/mol. The van der Waals surface area contributed by atoms with Crippen LogP contribution in [0.4, 0.5) is 0 Å². The number of hydrogen-bond acceptors (Lipinski definition) is 7. The van der Waals surface area contributed by atoms with Gasteiger partial charge in [0.05, 0.1) is 14.2 Å². The van der Waals surface area contributed by atoms with Crippen molar-refractivity contribution in [1.82, 2.24) is 15.0 Å². The molecule has 0 atom stereocenters. The molecule has 2 rings (SSSR count). The van der Waals surface area contributed by atoms with Gasteiger partial charge in [0.2, 0.25) is 0 Å². The number of rotatable bonds is 3. The summed E-state index contributed by atoms with van der Waals surface area (Å²) in [5, 5.41) is 1.79. The summed E-state index contributed by atoms with van der Waals surface area (Å²) < 4.78 is 9.55. The molecule has 2 aromatic heterocycles. The van der Waals surface area contributed by atoms with E-state index in [1.807, 2.05) is 6.92 Å². The molecule has 2 heterocycles. The zero-order valence-corrected chi connectivity index (χ0v) is 11.3. The van der Waals surface area contributed by atoms with E-state index in [2.05, 4.69) is 15.0 Å². The smallest absolute Gasteiger partial charge is 0.351 e. The lowest BCUT2D eigenvalue weighted by molar-refractivity contribution is 0.0607. The van der Waals surface area contributed by atoms with Gasteiger partial charge in [-0.05, 0) is 17.9 Å². The fourth-order valence-corrected chi connectivity index (χ4v) is 2.52. The Hall–Kier alpha value is -2.22. The lowest BCUT2D eigenvalue weighted by Gasteiger charge is -2.04. The predicted molar refractivity (Wildman–Crippen MR) is 68.6 cm³/mol. The Labute approximate surface area is 112 Å². The lowest BCUT2D eigenvalue weighted by atomic mass is 10.1. The van der Waals surface area contributed by atoms with E-state index in [-0.39, 0.29) is 11.8 Å². The molecule has 0 saturated heterocycles. The second kappa shape index (κ2) is 5.19. The minimum Gasteiger partial charge on any atom is -0.467 e. The first-order chi connectivity index (χ1) is 9.06. The molecule has 0 fully saturated rings. The van der Waals surface area contributed by atoms with Crippen molar-refractivity contribution >= 4 is 17.3 Å². The van der Waals surface area contributed by atoms with Crippen molar-refractivity contribution in [2.45, 2.75) is 6.92 Å². The van der Waals surface area contributed by atoms with Crippen LogP contribution >= 0.6 is 11.3 Å². The third kappa shape index (κ3) is 2.48. The summed E-state index contributed by atoms with van der Waals surface area (Å²) in [4.78, 5) is 33.5. The molecule has 8 heteroatoms. The Bertz CT molecular complexity index is 677. The van der Waals surface area contributed by atoms with Crippen LogP contribution in [0.5, 0.6) is 6.01 Å². The molecule has 1 N–H and O–H groups in total. The van der Waals surface area contributed by atoms with E-state index in [9.17, 15) is 9.59 Å². The Kier molecular flexibility index (Phi) is 3.61. The number of methoxy groups -OCH3 is 2. The Balaban J connectivity index is 2.64. The third-order valence-electron chi connectivity index (χ3n) is 2.40. The molecule has 7 nitrogen and oxygen atoms in total. The van der Waals surface area contributed by atoms with Gasteiger partial charge >= 0.3 is 17.7 Å². The highest BCUT2D eigenvalue weighted by Crippen LogP contribution is 2.30. The quantitative estimate of drug-likeness (QED) is 0.843. The van der Waals surface area contributed by atoms with Crippen molar-refractivity contribution in [1.29, 1.82) is 0 Å². The maximum absolute atomic E-state index is 11.7. The fourth-order valence-electron chi connectivity index (χ4n) is 1.56. The van der Waals surface area contributed by atoms with Crippen molar-refractivity contribution < 1.29 is 14.3 Å². The molecule has 0 aliphatic heterocycles. The molecule has 0 aliphatic rings. The zero-order chi connectivity index (χ0) is 14.0. The highest BCUT2D eigenvalue weighted by Gasteiger charge is 2.20. The van der Waals surface area contributed by atoms with E-state index in [0.29, 0.717) is 10.4 Å². The van der Waals surface area contributed by atoms with Crippen LogP contribution in [0, 0.1) is 6.92 Å². The van der Waals surface area contributed by atoms with Gasteiger partial charge in [0.25, 0.3) is 0 Å². The van der Waals surface area contributed by atoms with Crippen LogP contribution in [0.2, 0.25) is 0 Å². The number of thiophene rings is 1. The van der Waals surface area contributed by atoms with Gasteiger partial charge in [0, 0.05) is 5.56 Å². The first-order valence-corrected chi connectivity index (χ1v) is 6.14. The van der Waals surface area contributed by atoms with Crippen LogP contribution in [-0.4, -0.2) is 35.1 Å². The average Bonchev–Trinajstić information content (AvgIpc) is 2.79. The minimum absolute atomic E-state index is 0.0554. The van der Waals surface area contributed by atoms with Gasteiger partial charge in [-0.15, -0.1) is 16.3 Å². The van der Waals surface area contributed by atoms with Crippen LogP contribution in [0.25, 0.3) is 11.4 Å². The van der Waals surface area contributed by atoms with Crippen LogP contribution < -0.4 is 10.4 Å². The molecule has 2 aromatic rings. The summed E-state index contributed by atoms with van der Waals surface area (Å²) in [5.74, 6) is -0.248. The van der Waals surface area contributed by atoms with E-state index in [4.69, 9.17) is 9.47 Å². The van der Waals surface area contributed by atoms with Crippen molar-refractivity contribution in [2.75, 3.05) is 14.2 Å². The highest BCUT2D eigenvalue weighted by molar-refractivity contribution is 7.12. The largest absolute Gasteiger partial charge is 0.467 e. The van der Waals surface area contributed by atoms with Crippen molar-refractivity contribution in [3.05, 3.63) is 26.3 Å². The van der Waals surface area contributed by atoms with Crippen LogP contribution in [0.15, 0.2) is 10.2 Å². The standard InChI is InChI=1S/C11H11N3O4S/c1-5-4-19-7(9(15)17-2)6(5)8-12-10(16)14-11(13-8)18-3/h4H,1-3H3,(H,12,13,14,16). The van der Waals surface area contributed by atoms with Gasteiger partial charge in [0.1, 0.15) is 10.7 Å². The summed E-state index contributed by atoms with van der Waals surface area (Å²) in [6.07, 6.45) is 0. The Morgan fingerprint density at radius 1 is 1.37 bits per heavy atom. The number of esters is 1. The monoisotopic (exact) mass is 281 g/mol. The van der Waals surface area contributed by atoms with Crippen molar-refractivity contribution in [3.8, 4) is 17.4 Å². The third-order valence-corrected chi connectivity index (χ3v) is 3.47. The summed E-state index contributed by atoms with van der Waals surface area (Å²) in [6.45, 7) is 1.81. The van der Waals surface area contributed by atoms with Crippen LogP contribution in [0.3, 0.4) is 0 Å². The van der Waals surface area contributed by atoms with Gasteiger partial charge in [0.15, 0.2) is 0 Å². The summed E-state index contributed by atoms with van der Waals surface area (Å²) in [6, 6.07) is -0.0554. The lowest BCUT2D eigenvalue weighted by Crippen LogP contribution is -2.15. The maximum Gasteiger partial charge on any atom is 0.351 e. The normalized spacial score (nSPS) is 10.3. The molecule has 0 radical (unpaired) electrons. The molecular formula is C11H11N3O4S. The van der Waals surface area contributed by atoms with Gasteiger partial charge in [-0.2, -0.15) is 4.98 Å². The number of H-pyrrole nitrogens is 1. The van der Waals surface area contributed by atoms with E-state index >= 15 is 0 Å². The highest BCUT2D eigenvalue weighted by atomic mass is 32.1. The number of aryl methyl sites for hydroxylation is 1. The number of hydrogen-bond donors (Lipinski definition) is 1. The molecule has 0 bridgehead atoms. The number of aromatic amines is 1. The number of aromatic nitrogens is 3. The SMILES string of the molecule is COC(=O)c1scc(C)c1-c1nc(OC)nc(=O)[nH]1. The first-order valence-electron chi connectivity index (χ1n) is 5.26. The summed E-state index contributed by atoms with van der Waals surface area (Å²) >= 11 is 1.23. The minimum atomic E-state index is -0.594. The summed E-state index contributed by atoms with van der Waals surface area (Å²) in [7, 11) is 2.66. The van der Waals surface area contributed by atoms with E-state index in [1.165, 1.54) is 25.6 Å². The molecule has 0 unspecified atom stereocenters. The predicted octanol–water partition coefficient (Wildman–Crippen LogP) is 0.997. The molecule has 0 aliphatic carbocycles. The maximum atomic E-state index is 11.7. The molecule has 0 saturated carbocycles. The van der Waals surface area contributed by atoms with Crippen molar-refractivity contribution in [3.63, 3.8) is 0 Å². The number of carbonyl (C=O) groups excluding carboxylic acids is 1. The van der Waals surface area contributed by atoms with Crippen LogP contribution in [0.1, 0.15) is 15.2 Å². The second-order valence-corrected chi connectivity index (χ2v) is 4.48.